The van der Waals surface area contributed by atoms with Crippen molar-refractivity contribution in [3.05, 3.63) is 41.2 Å². The van der Waals surface area contributed by atoms with E-state index in [0.29, 0.717) is 5.92 Å². The maximum atomic E-state index is 9.62. The molecular weight excluding hydrogens is 262 g/mol. The van der Waals surface area contributed by atoms with E-state index in [1.54, 1.807) is 0 Å². The van der Waals surface area contributed by atoms with Crippen molar-refractivity contribution >= 4 is 0 Å². The molecule has 1 N–H and O–H groups in total. The van der Waals surface area contributed by atoms with Gasteiger partial charge in [0.2, 0.25) is 0 Å². The highest BCUT2D eigenvalue weighted by atomic mass is 16.3. The van der Waals surface area contributed by atoms with Crippen LogP contribution in [0.3, 0.4) is 0 Å². The summed E-state index contributed by atoms with van der Waals surface area (Å²) in [6.45, 7) is 2.13. The molecule has 0 amide bonds. The van der Waals surface area contributed by atoms with E-state index < -0.39 is 0 Å². The maximum absolute atomic E-state index is 9.62. The Kier molecular flexibility index (Phi) is 4.34. The molecule has 4 nitrogen and oxygen atoms in total. The molecule has 1 heterocycles. The number of aryl methyl sites for hydroxylation is 1. The zero-order valence-corrected chi connectivity index (χ0v) is 12.6. The van der Waals surface area contributed by atoms with Gasteiger partial charge in [0.05, 0.1) is 18.0 Å². The monoisotopic (exact) mass is 285 g/mol. The molecule has 21 heavy (non-hydrogen) atoms. The third-order valence-electron chi connectivity index (χ3n) is 4.52. The number of hydrogen-bond donors (Lipinski definition) is 1. The highest BCUT2D eigenvalue weighted by molar-refractivity contribution is 5.42. The maximum Gasteiger partial charge on any atom is 0.112 e. The van der Waals surface area contributed by atoms with Crippen LogP contribution in [0.1, 0.15) is 61.9 Å². The summed E-state index contributed by atoms with van der Waals surface area (Å²) in [4.78, 5) is 0. The first-order valence-corrected chi connectivity index (χ1v) is 7.98. The first-order valence-electron chi connectivity index (χ1n) is 7.98. The quantitative estimate of drug-likeness (QED) is 0.937. The first-order chi connectivity index (χ1) is 10.3. The van der Waals surface area contributed by atoms with Crippen LogP contribution in [0.15, 0.2) is 24.3 Å². The van der Waals surface area contributed by atoms with Crippen LogP contribution in [0, 0.1) is 0 Å². The standard InChI is InChI=1S/C17H23N3O/c1-2-13-8-6-7-11-16(13)20-17(15(12-21)18-19-20)14-9-4-3-5-10-14/h6-8,11,14,21H,2-5,9-10,12H2,1H3. The molecule has 1 aliphatic rings. The molecule has 1 saturated carbocycles. The zero-order chi connectivity index (χ0) is 14.7. The third kappa shape index (κ3) is 2.72. The van der Waals surface area contributed by atoms with E-state index in [1.807, 2.05) is 10.7 Å². The van der Waals surface area contributed by atoms with E-state index in [-0.39, 0.29) is 6.61 Å². The molecule has 1 aliphatic carbocycles. The molecule has 0 unspecified atom stereocenters. The van der Waals surface area contributed by atoms with Crippen molar-refractivity contribution in [2.24, 2.45) is 0 Å². The Labute approximate surface area is 125 Å². The molecule has 1 aromatic heterocycles. The Balaban J connectivity index is 2.08. The summed E-state index contributed by atoms with van der Waals surface area (Å²) < 4.78 is 1.97. The molecular formula is C17H23N3O. The van der Waals surface area contributed by atoms with Gasteiger partial charge in [0, 0.05) is 5.92 Å². The van der Waals surface area contributed by atoms with Gasteiger partial charge in [0.15, 0.2) is 0 Å². The highest BCUT2D eigenvalue weighted by Crippen LogP contribution is 2.35. The van der Waals surface area contributed by atoms with E-state index in [2.05, 4.69) is 35.4 Å². The fourth-order valence-electron chi connectivity index (χ4n) is 3.41. The van der Waals surface area contributed by atoms with Gasteiger partial charge < -0.3 is 5.11 Å². The molecule has 0 bridgehead atoms. The lowest BCUT2D eigenvalue weighted by Crippen LogP contribution is -2.13. The minimum atomic E-state index is -0.0277. The fourth-order valence-corrected chi connectivity index (χ4v) is 3.41. The number of benzene rings is 1. The topological polar surface area (TPSA) is 50.9 Å². The number of para-hydroxylation sites is 1. The van der Waals surface area contributed by atoms with Crippen LogP contribution in [0.4, 0.5) is 0 Å². The van der Waals surface area contributed by atoms with Crippen molar-refractivity contribution in [1.29, 1.82) is 0 Å². The minimum absolute atomic E-state index is 0.0277. The van der Waals surface area contributed by atoms with E-state index in [9.17, 15) is 5.11 Å². The average Bonchev–Trinajstić information content (AvgIpc) is 2.99. The van der Waals surface area contributed by atoms with Gasteiger partial charge >= 0.3 is 0 Å². The normalized spacial score (nSPS) is 16.3. The van der Waals surface area contributed by atoms with Crippen LogP contribution in [-0.4, -0.2) is 20.1 Å². The summed E-state index contributed by atoms with van der Waals surface area (Å²) in [5.41, 5.74) is 4.24. The van der Waals surface area contributed by atoms with Crippen LogP contribution >= 0.6 is 0 Å². The molecule has 0 atom stereocenters. The molecule has 0 saturated heterocycles. The summed E-state index contributed by atoms with van der Waals surface area (Å²) in [5, 5.41) is 18.2. The van der Waals surface area contributed by atoms with Gasteiger partial charge in [-0.2, -0.15) is 0 Å². The SMILES string of the molecule is CCc1ccccc1-n1nnc(CO)c1C1CCCCC1. The van der Waals surface area contributed by atoms with Gasteiger partial charge in [0.1, 0.15) is 5.69 Å². The van der Waals surface area contributed by atoms with Crippen molar-refractivity contribution in [3.63, 3.8) is 0 Å². The van der Waals surface area contributed by atoms with Crippen LogP contribution in [0.25, 0.3) is 5.69 Å². The largest absolute Gasteiger partial charge is 0.390 e. The number of aliphatic hydroxyl groups excluding tert-OH is 1. The second-order valence-electron chi connectivity index (χ2n) is 5.81. The Hall–Kier alpha value is -1.68. The van der Waals surface area contributed by atoms with Gasteiger partial charge in [0.25, 0.3) is 0 Å². The van der Waals surface area contributed by atoms with Crippen molar-refractivity contribution in [2.75, 3.05) is 0 Å². The zero-order valence-electron chi connectivity index (χ0n) is 12.6. The Morgan fingerprint density at radius 3 is 2.67 bits per heavy atom. The minimum Gasteiger partial charge on any atom is -0.390 e. The van der Waals surface area contributed by atoms with Gasteiger partial charge in [-0.3, -0.25) is 0 Å². The number of rotatable bonds is 4. The molecule has 0 radical (unpaired) electrons. The second-order valence-corrected chi connectivity index (χ2v) is 5.81. The lowest BCUT2D eigenvalue weighted by Gasteiger charge is -2.23. The van der Waals surface area contributed by atoms with Crippen LogP contribution in [-0.2, 0) is 13.0 Å². The summed E-state index contributed by atoms with van der Waals surface area (Å²) in [6, 6.07) is 8.34. The predicted molar refractivity (Wildman–Crippen MR) is 82.5 cm³/mol. The number of aromatic nitrogens is 3. The van der Waals surface area contributed by atoms with Crippen molar-refractivity contribution in [1.82, 2.24) is 15.0 Å². The van der Waals surface area contributed by atoms with Gasteiger partial charge in [-0.05, 0) is 30.9 Å². The van der Waals surface area contributed by atoms with Crippen molar-refractivity contribution in [3.8, 4) is 5.69 Å². The Bertz CT molecular complexity index is 600. The summed E-state index contributed by atoms with van der Waals surface area (Å²) >= 11 is 0. The molecule has 0 aliphatic heterocycles. The van der Waals surface area contributed by atoms with E-state index in [0.717, 1.165) is 23.5 Å². The first kappa shape index (κ1) is 14.3. The molecule has 0 spiro atoms. The smallest absolute Gasteiger partial charge is 0.112 e. The summed E-state index contributed by atoms with van der Waals surface area (Å²) in [6.07, 6.45) is 7.16. The molecule has 3 rings (SSSR count). The van der Waals surface area contributed by atoms with Gasteiger partial charge in [-0.1, -0.05) is 49.6 Å². The summed E-state index contributed by atoms with van der Waals surface area (Å²) in [7, 11) is 0. The molecule has 4 heteroatoms. The third-order valence-corrected chi connectivity index (χ3v) is 4.52. The Morgan fingerprint density at radius 1 is 1.19 bits per heavy atom. The van der Waals surface area contributed by atoms with Crippen molar-refractivity contribution in [2.45, 2.75) is 58.0 Å². The van der Waals surface area contributed by atoms with Crippen molar-refractivity contribution < 1.29 is 5.11 Å². The Morgan fingerprint density at radius 2 is 1.95 bits per heavy atom. The molecule has 112 valence electrons. The molecule has 1 aromatic carbocycles. The van der Waals surface area contributed by atoms with Crippen LogP contribution < -0.4 is 0 Å². The van der Waals surface area contributed by atoms with Crippen LogP contribution in [0.2, 0.25) is 0 Å². The van der Waals surface area contributed by atoms with Crippen LogP contribution in [0.5, 0.6) is 0 Å². The number of hydrogen-bond acceptors (Lipinski definition) is 3. The molecule has 2 aromatic rings. The highest BCUT2D eigenvalue weighted by Gasteiger charge is 2.25. The average molecular weight is 285 g/mol. The van der Waals surface area contributed by atoms with E-state index >= 15 is 0 Å². The van der Waals surface area contributed by atoms with Gasteiger partial charge in [-0.25, -0.2) is 4.68 Å². The predicted octanol–water partition coefficient (Wildman–Crippen LogP) is 3.37. The fraction of sp³-hybridized carbons (Fsp3) is 0.529. The summed E-state index contributed by atoms with van der Waals surface area (Å²) in [5.74, 6) is 0.473. The number of nitrogens with zero attached hydrogens (tertiary/aromatic N) is 3. The van der Waals surface area contributed by atoms with Gasteiger partial charge in [-0.15, -0.1) is 5.10 Å². The van der Waals surface area contributed by atoms with E-state index in [4.69, 9.17) is 0 Å². The number of aliphatic hydroxyl groups is 1. The molecule has 1 fully saturated rings. The van der Waals surface area contributed by atoms with E-state index in [1.165, 1.54) is 37.7 Å². The lowest BCUT2D eigenvalue weighted by molar-refractivity contribution is 0.273. The lowest BCUT2D eigenvalue weighted by atomic mass is 9.86. The second kappa shape index (κ2) is 6.39.